The van der Waals surface area contributed by atoms with Crippen molar-refractivity contribution in [3.05, 3.63) is 29.8 Å². The molecule has 1 aromatic rings. The Bertz CT molecular complexity index is 713. The fourth-order valence-corrected chi connectivity index (χ4v) is 5.36. The van der Waals surface area contributed by atoms with Gasteiger partial charge in [0.25, 0.3) is 0 Å². The van der Waals surface area contributed by atoms with Crippen molar-refractivity contribution in [1.29, 1.82) is 0 Å². The minimum absolute atomic E-state index is 0. The van der Waals surface area contributed by atoms with Crippen molar-refractivity contribution >= 4 is 28.3 Å². The van der Waals surface area contributed by atoms with E-state index in [4.69, 9.17) is 0 Å². The number of amides is 1. The van der Waals surface area contributed by atoms with E-state index in [2.05, 4.69) is 10.6 Å². The molecular weight excluding hydrogens is 398 g/mol. The van der Waals surface area contributed by atoms with Crippen molar-refractivity contribution in [2.75, 3.05) is 32.7 Å². The molecule has 2 heterocycles. The summed E-state index contributed by atoms with van der Waals surface area (Å²) >= 11 is 0. The van der Waals surface area contributed by atoms with Gasteiger partial charge in [-0.15, -0.1) is 12.4 Å². The van der Waals surface area contributed by atoms with Gasteiger partial charge in [-0.1, -0.05) is 12.1 Å². The summed E-state index contributed by atoms with van der Waals surface area (Å²) in [5.41, 5.74) is 0.988. The summed E-state index contributed by atoms with van der Waals surface area (Å²) in [5.74, 6) is 0.733. The van der Waals surface area contributed by atoms with Crippen LogP contribution in [0.15, 0.2) is 29.2 Å². The number of benzene rings is 1. The fourth-order valence-electron chi connectivity index (χ4n) is 3.84. The van der Waals surface area contributed by atoms with Gasteiger partial charge >= 0.3 is 0 Å². The lowest BCUT2D eigenvalue weighted by molar-refractivity contribution is -0.121. The number of piperidine rings is 1. The van der Waals surface area contributed by atoms with E-state index in [1.54, 1.807) is 16.4 Å². The summed E-state index contributed by atoms with van der Waals surface area (Å²) in [6, 6.07) is 6.97. The van der Waals surface area contributed by atoms with E-state index in [1.165, 1.54) is 12.8 Å². The topological polar surface area (TPSA) is 78.5 Å². The quantitative estimate of drug-likeness (QED) is 0.664. The minimum Gasteiger partial charge on any atom is -0.356 e. The highest BCUT2D eigenvalue weighted by atomic mass is 35.5. The molecule has 2 fully saturated rings. The molecule has 0 radical (unpaired) electrons. The first-order chi connectivity index (χ1) is 13.1. The van der Waals surface area contributed by atoms with Gasteiger partial charge in [-0.3, -0.25) is 4.79 Å². The maximum absolute atomic E-state index is 12.5. The number of hydrogen-bond donors (Lipinski definition) is 2. The van der Waals surface area contributed by atoms with Crippen LogP contribution in [-0.2, 0) is 21.2 Å². The molecule has 0 saturated carbocycles. The van der Waals surface area contributed by atoms with Crippen molar-refractivity contribution < 1.29 is 13.2 Å². The number of nitrogens with one attached hydrogen (secondary N) is 2. The molecule has 2 aliphatic rings. The van der Waals surface area contributed by atoms with Crippen LogP contribution in [0.5, 0.6) is 0 Å². The van der Waals surface area contributed by atoms with Gasteiger partial charge in [0.2, 0.25) is 15.9 Å². The first-order valence-corrected chi connectivity index (χ1v) is 11.6. The van der Waals surface area contributed by atoms with Gasteiger partial charge in [-0.05, 0) is 75.2 Å². The number of nitrogens with zero attached hydrogens (tertiary/aromatic N) is 1. The predicted octanol–water partition coefficient (Wildman–Crippen LogP) is 2.33. The lowest BCUT2D eigenvalue weighted by atomic mass is 9.96. The van der Waals surface area contributed by atoms with Crippen molar-refractivity contribution in [3.63, 3.8) is 0 Å². The maximum atomic E-state index is 12.5. The second-order valence-electron chi connectivity index (χ2n) is 7.61. The number of rotatable bonds is 8. The molecule has 1 amide bonds. The van der Waals surface area contributed by atoms with Crippen LogP contribution in [-0.4, -0.2) is 51.4 Å². The molecule has 158 valence electrons. The monoisotopic (exact) mass is 429 g/mol. The summed E-state index contributed by atoms with van der Waals surface area (Å²) in [4.78, 5) is 12.4. The predicted molar refractivity (Wildman–Crippen MR) is 113 cm³/mol. The first-order valence-electron chi connectivity index (χ1n) is 10.1. The van der Waals surface area contributed by atoms with E-state index in [9.17, 15) is 13.2 Å². The van der Waals surface area contributed by atoms with E-state index in [-0.39, 0.29) is 18.3 Å². The number of sulfonamides is 1. The standard InChI is InChI=1S/C20H31N3O3S.ClH/c24-20(22-13-11-18-4-3-12-21-16-18)10-7-17-5-8-19(9-6-17)27(25,26)23-14-1-2-15-23;/h5-6,8-9,18,21H,1-4,7,10-16H2,(H,22,24);1H. The third-order valence-corrected chi connectivity index (χ3v) is 7.45. The Morgan fingerprint density at radius 2 is 1.86 bits per heavy atom. The van der Waals surface area contributed by atoms with E-state index in [1.807, 2.05) is 12.1 Å². The van der Waals surface area contributed by atoms with Crippen LogP contribution in [0.25, 0.3) is 0 Å². The van der Waals surface area contributed by atoms with Crippen LogP contribution in [0.1, 0.15) is 44.1 Å². The van der Waals surface area contributed by atoms with Gasteiger partial charge in [0.15, 0.2) is 0 Å². The molecule has 1 atom stereocenters. The SMILES string of the molecule is Cl.O=C(CCc1ccc(S(=O)(=O)N2CCCC2)cc1)NCCC1CCCNC1. The maximum Gasteiger partial charge on any atom is 0.243 e. The highest BCUT2D eigenvalue weighted by Crippen LogP contribution is 2.21. The zero-order chi connectivity index (χ0) is 19.1. The van der Waals surface area contributed by atoms with Gasteiger partial charge in [0, 0.05) is 26.1 Å². The van der Waals surface area contributed by atoms with E-state index < -0.39 is 10.0 Å². The van der Waals surface area contributed by atoms with Crippen molar-refractivity contribution in [3.8, 4) is 0 Å². The Hall–Kier alpha value is -1.15. The summed E-state index contributed by atoms with van der Waals surface area (Å²) in [6.07, 6.45) is 6.43. The van der Waals surface area contributed by atoms with Crippen LogP contribution in [0.2, 0.25) is 0 Å². The van der Waals surface area contributed by atoms with Gasteiger partial charge in [0.1, 0.15) is 0 Å². The molecule has 0 aromatic heterocycles. The molecule has 8 heteroatoms. The van der Waals surface area contributed by atoms with E-state index in [0.29, 0.717) is 36.7 Å². The summed E-state index contributed by atoms with van der Waals surface area (Å²) in [7, 11) is -3.36. The van der Waals surface area contributed by atoms with Crippen LogP contribution < -0.4 is 10.6 Å². The third kappa shape index (κ3) is 6.44. The normalized spacial score (nSPS) is 20.5. The Labute approximate surface area is 174 Å². The summed E-state index contributed by atoms with van der Waals surface area (Å²) in [6.45, 7) is 4.13. The van der Waals surface area contributed by atoms with Gasteiger partial charge in [0.05, 0.1) is 4.90 Å². The van der Waals surface area contributed by atoms with Crippen LogP contribution in [0, 0.1) is 5.92 Å². The number of carbonyl (C=O) groups is 1. The Kier molecular flexibility index (Phi) is 9.21. The second-order valence-corrected chi connectivity index (χ2v) is 9.54. The van der Waals surface area contributed by atoms with Gasteiger partial charge < -0.3 is 10.6 Å². The molecule has 28 heavy (non-hydrogen) atoms. The molecule has 0 spiro atoms. The lowest BCUT2D eigenvalue weighted by Crippen LogP contribution is -2.33. The third-order valence-electron chi connectivity index (χ3n) is 5.54. The fraction of sp³-hybridized carbons (Fsp3) is 0.650. The van der Waals surface area contributed by atoms with E-state index in [0.717, 1.165) is 44.5 Å². The highest BCUT2D eigenvalue weighted by Gasteiger charge is 2.26. The van der Waals surface area contributed by atoms with Crippen molar-refractivity contribution in [2.24, 2.45) is 5.92 Å². The van der Waals surface area contributed by atoms with Crippen molar-refractivity contribution in [1.82, 2.24) is 14.9 Å². The molecule has 0 bridgehead atoms. The molecular formula is C20H32ClN3O3S. The first kappa shape index (κ1) is 23.1. The Morgan fingerprint density at radius 3 is 2.50 bits per heavy atom. The van der Waals surface area contributed by atoms with Gasteiger partial charge in [-0.2, -0.15) is 4.31 Å². The summed E-state index contributed by atoms with van der Waals surface area (Å²) in [5, 5.41) is 6.40. The lowest BCUT2D eigenvalue weighted by Gasteiger charge is -2.22. The van der Waals surface area contributed by atoms with Crippen molar-refractivity contribution in [2.45, 2.75) is 49.8 Å². The number of halogens is 1. The molecule has 3 rings (SSSR count). The Morgan fingerprint density at radius 1 is 1.14 bits per heavy atom. The molecule has 2 aliphatic heterocycles. The van der Waals surface area contributed by atoms with Crippen LogP contribution in [0.3, 0.4) is 0 Å². The molecule has 6 nitrogen and oxygen atoms in total. The number of carbonyl (C=O) groups excluding carboxylic acids is 1. The highest BCUT2D eigenvalue weighted by molar-refractivity contribution is 7.89. The van der Waals surface area contributed by atoms with Crippen LogP contribution in [0.4, 0.5) is 0 Å². The molecule has 1 unspecified atom stereocenters. The number of hydrogen-bond acceptors (Lipinski definition) is 4. The molecule has 0 aliphatic carbocycles. The Balaban J connectivity index is 0.00000280. The molecule has 2 N–H and O–H groups in total. The zero-order valence-electron chi connectivity index (χ0n) is 16.4. The zero-order valence-corrected chi connectivity index (χ0v) is 18.0. The number of aryl methyl sites for hydroxylation is 1. The van der Waals surface area contributed by atoms with Crippen LogP contribution >= 0.6 is 12.4 Å². The molecule has 2 saturated heterocycles. The second kappa shape index (κ2) is 11.1. The minimum atomic E-state index is -3.36. The van der Waals surface area contributed by atoms with Gasteiger partial charge in [-0.25, -0.2) is 8.42 Å². The largest absolute Gasteiger partial charge is 0.356 e. The smallest absolute Gasteiger partial charge is 0.243 e. The molecule has 1 aromatic carbocycles. The summed E-state index contributed by atoms with van der Waals surface area (Å²) < 4.78 is 26.6. The average Bonchev–Trinajstić information content (AvgIpc) is 3.23. The average molecular weight is 430 g/mol. The van der Waals surface area contributed by atoms with E-state index >= 15 is 0 Å².